The van der Waals surface area contributed by atoms with Crippen molar-refractivity contribution in [1.29, 1.82) is 0 Å². The number of nitrogens with one attached hydrogen (secondary N) is 1. The number of aryl methyl sites for hydroxylation is 1. The van der Waals surface area contributed by atoms with E-state index in [2.05, 4.69) is 22.4 Å². The third kappa shape index (κ3) is 2.92. The molecule has 0 saturated carbocycles. The van der Waals surface area contributed by atoms with Crippen molar-refractivity contribution in [1.82, 2.24) is 4.98 Å². The van der Waals surface area contributed by atoms with E-state index in [9.17, 15) is 4.79 Å². The molecule has 0 amide bonds. The number of carbonyl (C=O) groups excluding carboxylic acids is 1. The molecule has 3 heteroatoms. The number of nitrogens with zero attached hydrogens (tertiary/aromatic N) is 1. The van der Waals surface area contributed by atoms with Gasteiger partial charge in [-0.1, -0.05) is 18.2 Å². The Bertz CT molecular complexity index is 779. The highest BCUT2D eigenvalue weighted by Gasteiger charge is 2.03. The summed E-state index contributed by atoms with van der Waals surface area (Å²) in [7, 11) is 0. The summed E-state index contributed by atoms with van der Waals surface area (Å²) < 4.78 is 0. The fraction of sp³-hybridized carbons (Fsp3) is 0.111. The van der Waals surface area contributed by atoms with Gasteiger partial charge >= 0.3 is 0 Å². The third-order valence-electron chi connectivity index (χ3n) is 3.42. The van der Waals surface area contributed by atoms with E-state index in [0.717, 1.165) is 22.3 Å². The first-order valence-corrected chi connectivity index (χ1v) is 6.83. The van der Waals surface area contributed by atoms with Crippen molar-refractivity contribution in [3.05, 3.63) is 71.4 Å². The summed E-state index contributed by atoms with van der Waals surface area (Å²) in [5, 5.41) is 4.53. The fourth-order valence-corrected chi connectivity index (χ4v) is 2.39. The van der Waals surface area contributed by atoms with Crippen LogP contribution < -0.4 is 5.32 Å². The minimum absolute atomic E-state index is 0.561. The lowest BCUT2D eigenvalue weighted by Crippen LogP contribution is -2.01. The minimum atomic E-state index is 0.561. The van der Waals surface area contributed by atoms with Crippen LogP contribution in [-0.2, 0) is 11.3 Å². The molecule has 3 rings (SSSR count). The second-order valence-electron chi connectivity index (χ2n) is 4.97. The molecule has 0 aliphatic rings. The molecule has 0 aliphatic heterocycles. The molecule has 0 fully saturated rings. The van der Waals surface area contributed by atoms with Gasteiger partial charge in [0.25, 0.3) is 0 Å². The second-order valence-corrected chi connectivity index (χ2v) is 4.97. The average Bonchev–Trinajstić information content (AvgIpc) is 2.53. The molecular formula is C18H15N2O. The van der Waals surface area contributed by atoms with E-state index >= 15 is 0 Å². The van der Waals surface area contributed by atoms with Gasteiger partial charge in [0, 0.05) is 28.9 Å². The summed E-state index contributed by atoms with van der Waals surface area (Å²) in [6, 6.07) is 17.5. The Morgan fingerprint density at radius 2 is 1.86 bits per heavy atom. The van der Waals surface area contributed by atoms with Crippen LogP contribution in [0.2, 0.25) is 0 Å². The van der Waals surface area contributed by atoms with Crippen LogP contribution in [0.3, 0.4) is 0 Å². The van der Waals surface area contributed by atoms with Gasteiger partial charge in [-0.2, -0.15) is 0 Å². The van der Waals surface area contributed by atoms with Crippen LogP contribution in [0.25, 0.3) is 10.9 Å². The number of fused-ring (bicyclic) bond motifs is 1. The normalized spacial score (nSPS) is 10.5. The van der Waals surface area contributed by atoms with Crippen molar-refractivity contribution >= 4 is 22.9 Å². The monoisotopic (exact) mass is 275 g/mol. The van der Waals surface area contributed by atoms with Gasteiger partial charge in [0.1, 0.15) is 0 Å². The third-order valence-corrected chi connectivity index (χ3v) is 3.42. The van der Waals surface area contributed by atoms with E-state index in [1.165, 1.54) is 5.56 Å². The van der Waals surface area contributed by atoms with Crippen LogP contribution >= 0.6 is 0 Å². The van der Waals surface area contributed by atoms with Crippen molar-refractivity contribution in [3.8, 4) is 0 Å². The maximum Gasteiger partial charge on any atom is 0.233 e. The number of hydrogen-bond donors (Lipinski definition) is 1. The number of rotatable bonds is 4. The zero-order valence-corrected chi connectivity index (χ0v) is 11.8. The summed E-state index contributed by atoms with van der Waals surface area (Å²) in [6.07, 6.45) is 1.87. The number of hydrogen-bond acceptors (Lipinski definition) is 3. The molecule has 0 aliphatic carbocycles. The highest BCUT2D eigenvalue weighted by molar-refractivity contribution is 5.82. The van der Waals surface area contributed by atoms with Gasteiger partial charge in [-0.25, -0.2) is 0 Å². The zero-order valence-electron chi connectivity index (χ0n) is 11.8. The minimum Gasteiger partial charge on any atom is -0.381 e. The maximum atomic E-state index is 10.5. The fourth-order valence-electron chi connectivity index (χ4n) is 2.39. The number of para-hydroxylation sites is 1. The number of aromatic nitrogens is 1. The van der Waals surface area contributed by atoms with Crippen molar-refractivity contribution < 1.29 is 4.79 Å². The topological polar surface area (TPSA) is 42.0 Å². The molecule has 1 N–H and O–H groups in total. The SMILES string of the molecule is Cc1cc(CNc2ccc([C]=O)cc2)c2ccccc2n1. The van der Waals surface area contributed by atoms with E-state index in [0.29, 0.717) is 12.1 Å². The summed E-state index contributed by atoms with van der Waals surface area (Å²) in [6.45, 7) is 2.72. The molecule has 0 saturated heterocycles. The predicted octanol–water partition coefficient (Wildman–Crippen LogP) is 3.61. The highest BCUT2D eigenvalue weighted by atomic mass is 16.1. The van der Waals surface area contributed by atoms with Gasteiger partial charge in [0.15, 0.2) is 0 Å². The smallest absolute Gasteiger partial charge is 0.233 e. The van der Waals surface area contributed by atoms with Crippen molar-refractivity contribution in [2.45, 2.75) is 13.5 Å². The van der Waals surface area contributed by atoms with E-state index < -0.39 is 0 Å². The molecule has 3 aromatic rings. The second kappa shape index (κ2) is 5.75. The first-order valence-electron chi connectivity index (χ1n) is 6.83. The molecule has 3 nitrogen and oxygen atoms in total. The Morgan fingerprint density at radius 1 is 1.10 bits per heavy atom. The lowest BCUT2D eigenvalue weighted by atomic mass is 10.1. The Morgan fingerprint density at radius 3 is 2.62 bits per heavy atom. The molecule has 1 heterocycles. The Labute approximate surface area is 123 Å². The standard InChI is InChI=1S/C18H15N2O/c1-13-10-15(17-4-2-3-5-18(17)20-13)11-19-16-8-6-14(12-21)7-9-16/h2-10,19H,11H2,1H3. The Hall–Kier alpha value is -2.68. The molecule has 2 aromatic carbocycles. The van der Waals surface area contributed by atoms with Gasteiger partial charge in [-0.05, 0) is 48.9 Å². The van der Waals surface area contributed by atoms with Crippen molar-refractivity contribution in [2.24, 2.45) is 0 Å². The molecule has 1 radical (unpaired) electrons. The summed E-state index contributed by atoms with van der Waals surface area (Å²) >= 11 is 0. The van der Waals surface area contributed by atoms with Crippen LogP contribution in [0.15, 0.2) is 54.6 Å². The molecular weight excluding hydrogens is 260 g/mol. The van der Waals surface area contributed by atoms with Gasteiger partial charge in [0.2, 0.25) is 6.29 Å². The molecule has 21 heavy (non-hydrogen) atoms. The van der Waals surface area contributed by atoms with E-state index in [4.69, 9.17) is 0 Å². The number of benzene rings is 2. The van der Waals surface area contributed by atoms with Crippen molar-refractivity contribution in [2.75, 3.05) is 5.32 Å². The maximum absolute atomic E-state index is 10.5. The number of pyridine rings is 1. The van der Waals surface area contributed by atoms with Crippen LogP contribution in [0, 0.1) is 6.92 Å². The number of anilines is 1. The Kier molecular flexibility index (Phi) is 3.65. The van der Waals surface area contributed by atoms with Gasteiger partial charge in [0.05, 0.1) is 5.52 Å². The quantitative estimate of drug-likeness (QED) is 0.790. The lowest BCUT2D eigenvalue weighted by Gasteiger charge is -2.10. The molecule has 0 atom stereocenters. The molecule has 1 aromatic heterocycles. The van der Waals surface area contributed by atoms with Crippen molar-refractivity contribution in [3.63, 3.8) is 0 Å². The van der Waals surface area contributed by atoms with E-state index in [1.807, 2.05) is 43.5 Å². The Balaban J connectivity index is 1.85. The summed E-state index contributed by atoms with van der Waals surface area (Å²) in [5.74, 6) is 0. The predicted molar refractivity (Wildman–Crippen MR) is 85.0 cm³/mol. The zero-order chi connectivity index (χ0) is 14.7. The molecule has 0 bridgehead atoms. The van der Waals surface area contributed by atoms with Crippen LogP contribution in [0.4, 0.5) is 5.69 Å². The largest absolute Gasteiger partial charge is 0.381 e. The first-order chi connectivity index (χ1) is 10.3. The average molecular weight is 275 g/mol. The van der Waals surface area contributed by atoms with Crippen LogP contribution in [-0.4, -0.2) is 11.3 Å². The van der Waals surface area contributed by atoms with Gasteiger partial charge in [-0.15, -0.1) is 0 Å². The highest BCUT2D eigenvalue weighted by Crippen LogP contribution is 2.19. The summed E-state index contributed by atoms with van der Waals surface area (Å²) in [4.78, 5) is 15.1. The summed E-state index contributed by atoms with van der Waals surface area (Å²) in [5.41, 5.74) is 4.78. The van der Waals surface area contributed by atoms with Gasteiger partial charge < -0.3 is 5.32 Å². The van der Waals surface area contributed by atoms with Crippen LogP contribution in [0.5, 0.6) is 0 Å². The molecule has 103 valence electrons. The first kappa shape index (κ1) is 13.3. The lowest BCUT2D eigenvalue weighted by molar-refractivity contribution is 0.563. The molecule has 0 unspecified atom stereocenters. The van der Waals surface area contributed by atoms with Gasteiger partial charge in [-0.3, -0.25) is 9.78 Å². The van der Waals surface area contributed by atoms with E-state index in [1.54, 1.807) is 12.1 Å². The van der Waals surface area contributed by atoms with E-state index in [-0.39, 0.29) is 0 Å². The van der Waals surface area contributed by atoms with Crippen LogP contribution in [0.1, 0.15) is 16.8 Å². The molecule has 0 spiro atoms.